The van der Waals surface area contributed by atoms with Gasteiger partial charge in [-0.25, -0.2) is 4.98 Å². The summed E-state index contributed by atoms with van der Waals surface area (Å²) < 4.78 is 10.6. The van der Waals surface area contributed by atoms with Gasteiger partial charge in [-0.05, 0) is 14.0 Å². The lowest BCUT2D eigenvalue weighted by Gasteiger charge is -2.12. The second-order valence-corrected chi connectivity index (χ2v) is 4.94. The third-order valence-electron chi connectivity index (χ3n) is 2.60. The van der Waals surface area contributed by atoms with E-state index in [1.807, 2.05) is 20.0 Å². The van der Waals surface area contributed by atoms with E-state index < -0.39 is 0 Å². The average Bonchev–Trinajstić information content (AvgIpc) is 2.88. The third kappa shape index (κ3) is 3.20. The number of rotatable bonds is 5. The fourth-order valence-electron chi connectivity index (χ4n) is 1.75. The number of hydrogen-bond acceptors (Lipinski definition) is 5. The summed E-state index contributed by atoms with van der Waals surface area (Å²) in [6.45, 7) is 7.49. The van der Waals surface area contributed by atoms with Crippen molar-refractivity contribution in [1.82, 2.24) is 15.0 Å². The highest BCUT2D eigenvalue weighted by Gasteiger charge is 2.11. The highest BCUT2D eigenvalue weighted by molar-refractivity contribution is 5.04. The zero-order chi connectivity index (χ0) is 13.1. The summed E-state index contributed by atoms with van der Waals surface area (Å²) in [5.41, 5.74) is 1.85. The second kappa shape index (κ2) is 5.35. The summed E-state index contributed by atoms with van der Waals surface area (Å²) >= 11 is 0. The lowest BCUT2D eigenvalue weighted by molar-refractivity contribution is 0.263. The molecule has 0 saturated heterocycles. The van der Waals surface area contributed by atoms with Gasteiger partial charge in [0.1, 0.15) is 6.26 Å². The van der Waals surface area contributed by atoms with Crippen LogP contribution in [-0.2, 0) is 13.1 Å². The van der Waals surface area contributed by atoms with Gasteiger partial charge in [0.05, 0.1) is 17.9 Å². The highest BCUT2D eigenvalue weighted by atomic mass is 16.5. The van der Waals surface area contributed by atoms with E-state index in [0.717, 1.165) is 29.6 Å². The minimum Gasteiger partial charge on any atom is -0.448 e. The largest absolute Gasteiger partial charge is 0.448 e. The first kappa shape index (κ1) is 12.8. The van der Waals surface area contributed by atoms with E-state index in [4.69, 9.17) is 8.94 Å². The minimum absolute atomic E-state index is 0.320. The van der Waals surface area contributed by atoms with Gasteiger partial charge in [0.2, 0.25) is 0 Å². The molecule has 0 bridgehead atoms. The van der Waals surface area contributed by atoms with Gasteiger partial charge in [-0.15, -0.1) is 0 Å². The topological polar surface area (TPSA) is 55.3 Å². The molecule has 98 valence electrons. The SMILES string of the molecule is Cc1cc(CN(C)Cc2coc(C(C)C)n2)on1. The lowest BCUT2D eigenvalue weighted by atomic mass is 10.2. The van der Waals surface area contributed by atoms with E-state index >= 15 is 0 Å². The van der Waals surface area contributed by atoms with E-state index in [2.05, 4.69) is 28.9 Å². The Labute approximate surface area is 107 Å². The molecule has 5 heteroatoms. The fraction of sp³-hybridized carbons (Fsp3) is 0.538. The molecule has 0 N–H and O–H groups in total. The van der Waals surface area contributed by atoms with E-state index in [-0.39, 0.29) is 0 Å². The van der Waals surface area contributed by atoms with Gasteiger partial charge in [-0.2, -0.15) is 0 Å². The monoisotopic (exact) mass is 249 g/mol. The Morgan fingerprint density at radius 3 is 2.67 bits per heavy atom. The van der Waals surface area contributed by atoms with Crippen molar-refractivity contribution in [2.45, 2.75) is 39.8 Å². The van der Waals surface area contributed by atoms with Gasteiger partial charge >= 0.3 is 0 Å². The van der Waals surface area contributed by atoms with Crippen molar-refractivity contribution < 1.29 is 8.94 Å². The third-order valence-corrected chi connectivity index (χ3v) is 2.60. The van der Waals surface area contributed by atoms with E-state index in [0.29, 0.717) is 12.5 Å². The van der Waals surface area contributed by atoms with Gasteiger partial charge in [-0.3, -0.25) is 4.90 Å². The van der Waals surface area contributed by atoms with E-state index in [9.17, 15) is 0 Å². The molecule has 0 unspecified atom stereocenters. The minimum atomic E-state index is 0.320. The van der Waals surface area contributed by atoms with Gasteiger partial charge in [0, 0.05) is 18.5 Å². The number of hydrogen-bond donors (Lipinski definition) is 0. The molecule has 2 aromatic heterocycles. The molecule has 2 aromatic rings. The first-order valence-corrected chi connectivity index (χ1v) is 6.09. The molecule has 0 saturated carbocycles. The summed E-state index contributed by atoms with van der Waals surface area (Å²) in [4.78, 5) is 6.56. The van der Waals surface area contributed by atoms with Crippen LogP contribution in [0, 0.1) is 6.92 Å². The van der Waals surface area contributed by atoms with E-state index in [1.165, 1.54) is 0 Å². The summed E-state index contributed by atoms with van der Waals surface area (Å²) in [7, 11) is 2.02. The van der Waals surface area contributed by atoms with Crippen LogP contribution in [0.5, 0.6) is 0 Å². The molecule has 0 aliphatic carbocycles. The molecule has 0 atom stereocenters. The van der Waals surface area contributed by atoms with E-state index in [1.54, 1.807) is 6.26 Å². The molecule has 0 aliphatic heterocycles. The second-order valence-electron chi connectivity index (χ2n) is 4.94. The van der Waals surface area contributed by atoms with Crippen LogP contribution in [0.1, 0.15) is 42.8 Å². The van der Waals surface area contributed by atoms with Crippen LogP contribution in [0.25, 0.3) is 0 Å². The fourth-order valence-corrected chi connectivity index (χ4v) is 1.75. The number of oxazole rings is 1. The Balaban J connectivity index is 1.92. The first-order valence-electron chi connectivity index (χ1n) is 6.09. The molecule has 0 aromatic carbocycles. The van der Waals surface area contributed by atoms with Crippen molar-refractivity contribution in [2.24, 2.45) is 0 Å². The number of aromatic nitrogens is 2. The molecule has 2 rings (SSSR count). The van der Waals surface area contributed by atoms with Crippen molar-refractivity contribution in [2.75, 3.05) is 7.05 Å². The molecule has 0 spiro atoms. The average molecular weight is 249 g/mol. The van der Waals surface area contributed by atoms with Crippen LogP contribution in [0.15, 0.2) is 21.3 Å². The molecule has 0 aliphatic rings. The maximum atomic E-state index is 5.41. The molecule has 18 heavy (non-hydrogen) atoms. The van der Waals surface area contributed by atoms with Crippen molar-refractivity contribution in [3.63, 3.8) is 0 Å². The van der Waals surface area contributed by atoms with Crippen LogP contribution in [0.4, 0.5) is 0 Å². The zero-order valence-corrected chi connectivity index (χ0v) is 11.3. The predicted octanol–water partition coefficient (Wildman–Crippen LogP) is 2.73. The van der Waals surface area contributed by atoms with Crippen molar-refractivity contribution in [3.05, 3.63) is 35.4 Å². The Morgan fingerprint density at radius 2 is 2.11 bits per heavy atom. The van der Waals surface area contributed by atoms with Crippen LogP contribution in [0.2, 0.25) is 0 Å². The summed E-state index contributed by atoms with van der Waals surface area (Å²) in [5, 5.41) is 3.87. The first-order chi connectivity index (χ1) is 8.54. The number of aryl methyl sites for hydroxylation is 1. The molecular formula is C13H19N3O2. The Bertz CT molecular complexity index is 502. The van der Waals surface area contributed by atoms with Crippen molar-refractivity contribution >= 4 is 0 Å². The summed E-state index contributed by atoms with van der Waals surface area (Å²) in [6.07, 6.45) is 1.72. The van der Waals surface area contributed by atoms with Crippen LogP contribution >= 0.6 is 0 Å². The maximum Gasteiger partial charge on any atom is 0.196 e. The molecule has 0 radical (unpaired) electrons. The predicted molar refractivity (Wildman–Crippen MR) is 67.0 cm³/mol. The number of nitrogens with zero attached hydrogens (tertiary/aromatic N) is 3. The summed E-state index contributed by atoms with van der Waals surface area (Å²) in [6, 6.07) is 1.94. The summed E-state index contributed by atoms with van der Waals surface area (Å²) in [5.74, 6) is 1.97. The Morgan fingerprint density at radius 1 is 1.33 bits per heavy atom. The molecule has 2 heterocycles. The Kier molecular flexibility index (Phi) is 3.81. The van der Waals surface area contributed by atoms with Crippen LogP contribution in [-0.4, -0.2) is 22.1 Å². The van der Waals surface area contributed by atoms with Crippen LogP contribution in [0.3, 0.4) is 0 Å². The van der Waals surface area contributed by atoms with Crippen molar-refractivity contribution in [1.29, 1.82) is 0 Å². The van der Waals surface area contributed by atoms with Gasteiger partial charge in [-0.1, -0.05) is 19.0 Å². The van der Waals surface area contributed by atoms with Crippen LogP contribution < -0.4 is 0 Å². The van der Waals surface area contributed by atoms with Gasteiger partial charge in [0.15, 0.2) is 11.7 Å². The normalized spacial score (nSPS) is 11.7. The highest BCUT2D eigenvalue weighted by Crippen LogP contribution is 2.15. The maximum absolute atomic E-state index is 5.41. The van der Waals surface area contributed by atoms with Crippen molar-refractivity contribution in [3.8, 4) is 0 Å². The molecular weight excluding hydrogens is 230 g/mol. The Hall–Kier alpha value is -1.62. The lowest BCUT2D eigenvalue weighted by Crippen LogP contribution is -2.17. The molecule has 0 amide bonds. The smallest absolute Gasteiger partial charge is 0.196 e. The van der Waals surface area contributed by atoms with Gasteiger partial charge < -0.3 is 8.94 Å². The zero-order valence-electron chi connectivity index (χ0n) is 11.3. The quantitative estimate of drug-likeness (QED) is 0.815. The van der Waals surface area contributed by atoms with Gasteiger partial charge in [0.25, 0.3) is 0 Å². The molecule has 5 nitrogen and oxygen atoms in total. The molecule has 0 fully saturated rings. The standard InChI is InChI=1S/C13H19N3O2/c1-9(2)13-14-11(8-17-13)6-16(4)7-12-5-10(3)15-18-12/h5,8-9H,6-7H2,1-4H3.